The van der Waals surface area contributed by atoms with E-state index in [2.05, 4.69) is 12.2 Å². The Labute approximate surface area is 147 Å². The van der Waals surface area contributed by atoms with Crippen LogP contribution in [0.2, 0.25) is 0 Å². The van der Waals surface area contributed by atoms with E-state index in [0.717, 1.165) is 27.9 Å². The number of aryl methyl sites for hydroxylation is 1. The van der Waals surface area contributed by atoms with E-state index in [0.29, 0.717) is 18.0 Å². The quantitative estimate of drug-likeness (QED) is 0.717. The van der Waals surface area contributed by atoms with Crippen LogP contribution >= 0.6 is 0 Å². The highest BCUT2D eigenvalue weighted by atomic mass is 16.1. The van der Waals surface area contributed by atoms with Crippen molar-refractivity contribution in [1.82, 2.24) is 20.0 Å². The minimum absolute atomic E-state index is 0.0392. The SMILES string of the molecule is CC(=O)NC[C@H](C)c1nc(-c2ccccc2)nc2c1c(C)c(C)n2N. The molecule has 130 valence electrons. The Bertz CT molecular complexity index is 930. The van der Waals surface area contributed by atoms with Crippen LogP contribution < -0.4 is 11.2 Å². The van der Waals surface area contributed by atoms with Crippen LogP contribution in [0, 0.1) is 13.8 Å². The van der Waals surface area contributed by atoms with Crippen LogP contribution in [0.15, 0.2) is 30.3 Å². The van der Waals surface area contributed by atoms with Crippen molar-refractivity contribution in [2.75, 3.05) is 12.4 Å². The van der Waals surface area contributed by atoms with E-state index in [4.69, 9.17) is 15.8 Å². The summed E-state index contributed by atoms with van der Waals surface area (Å²) in [5, 5.41) is 3.84. The van der Waals surface area contributed by atoms with Gasteiger partial charge in [0, 0.05) is 36.0 Å². The van der Waals surface area contributed by atoms with Gasteiger partial charge in [0.05, 0.1) is 5.69 Å². The van der Waals surface area contributed by atoms with Crippen LogP contribution in [0.5, 0.6) is 0 Å². The summed E-state index contributed by atoms with van der Waals surface area (Å²) < 4.78 is 1.62. The Hall–Kier alpha value is -2.89. The Morgan fingerprint density at radius 1 is 1.24 bits per heavy atom. The normalized spacial score (nSPS) is 12.3. The lowest BCUT2D eigenvalue weighted by Crippen LogP contribution is -2.25. The van der Waals surface area contributed by atoms with Crippen molar-refractivity contribution < 1.29 is 4.79 Å². The van der Waals surface area contributed by atoms with E-state index in [1.807, 2.05) is 44.2 Å². The molecule has 1 atom stereocenters. The molecule has 1 amide bonds. The van der Waals surface area contributed by atoms with Gasteiger partial charge in [-0.1, -0.05) is 37.3 Å². The summed E-state index contributed by atoms with van der Waals surface area (Å²) in [6, 6.07) is 9.84. The predicted molar refractivity (Wildman–Crippen MR) is 99.7 cm³/mol. The minimum Gasteiger partial charge on any atom is -0.356 e. The standard InChI is InChI=1S/C19H23N5O/c1-11(10-21-14(4)25)17-16-12(2)13(3)24(20)19(16)23-18(22-17)15-8-6-5-7-9-15/h5-9,11H,10,20H2,1-4H3,(H,21,25)/t11-/m0/s1. The summed E-state index contributed by atoms with van der Waals surface area (Å²) >= 11 is 0. The maximum Gasteiger partial charge on any atom is 0.216 e. The van der Waals surface area contributed by atoms with Crippen LogP contribution in [0.3, 0.4) is 0 Å². The first-order valence-electron chi connectivity index (χ1n) is 8.34. The summed E-state index contributed by atoms with van der Waals surface area (Å²) in [5.74, 6) is 6.86. The van der Waals surface area contributed by atoms with E-state index >= 15 is 0 Å². The van der Waals surface area contributed by atoms with E-state index in [1.54, 1.807) is 4.68 Å². The van der Waals surface area contributed by atoms with Crippen LogP contribution in [-0.2, 0) is 4.79 Å². The van der Waals surface area contributed by atoms with Crippen LogP contribution in [0.25, 0.3) is 22.4 Å². The van der Waals surface area contributed by atoms with Crippen LogP contribution in [0.1, 0.15) is 36.7 Å². The van der Waals surface area contributed by atoms with Crippen molar-refractivity contribution in [1.29, 1.82) is 0 Å². The molecule has 0 aliphatic carbocycles. The number of benzene rings is 1. The highest BCUT2D eigenvalue weighted by Gasteiger charge is 2.21. The fraction of sp³-hybridized carbons (Fsp3) is 0.316. The molecular weight excluding hydrogens is 314 g/mol. The van der Waals surface area contributed by atoms with Gasteiger partial charge in [-0.05, 0) is 19.4 Å². The number of rotatable bonds is 4. The number of amides is 1. The summed E-state index contributed by atoms with van der Waals surface area (Å²) in [4.78, 5) is 20.8. The Kier molecular flexibility index (Phi) is 4.44. The first-order valence-corrected chi connectivity index (χ1v) is 8.34. The van der Waals surface area contributed by atoms with Gasteiger partial charge in [-0.15, -0.1) is 0 Å². The number of nitrogen functional groups attached to an aromatic ring is 1. The third kappa shape index (κ3) is 3.07. The van der Waals surface area contributed by atoms with E-state index in [9.17, 15) is 4.79 Å². The van der Waals surface area contributed by atoms with Gasteiger partial charge >= 0.3 is 0 Å². The maximum atomic E-state index is 11.3. The molecule has 6 nitrogen and oxygen atoms in total. The summed E-state index contributed by atoms with van der Waals surface area (Å²) in [5.41, 5.74) is 4.59. The zero-order valence-corrected chi connectivity index (χ0v) is 15.0. The second-order valence-electron chi connectivity index (χ2n) is 6.42. The maximum absolute atomic E-state index is 11.3. The molecule has 1 aromatic carbocycles. The molecule has 0 unspecified atom stereocenters. The molecule has 25 heavy (non-hydrogen) atoms. The van der Waals surface area contributed by atoms with Gasteiger partial charge in [0.1, 0.15) is 0 Å². The highest BCUT2D eigenvalue weighted by Crippen LogP contribution is 2.31. The number of aromatic nitrogens is 3. The second-order valence-corrected chi connectivity index (χ2v) is 6.42. The average Bonchev–Trinajstić information content (AvgIpc) is 2.84. The lowest BCUT2D eigenvalue weighted by atomic mass is 10.0. The van der Waals surface area contributed by atoms with Crippen molar-refractivity contribution in [3.63, 3.8) is 0 Å². The van der Waals surface area contributed by atoms with Crippen LogP contribution in [0.4, 0.5) is 0 Å². The van der Waals surface area contributed by atoms with Gasteiger partial charge < -0.3 is 11.2 Å². The lowest BCUT2D eigenvalue weighted by molar-refractivity contribution is -0.119. The largest absolute Gasteiger partial charge is 0.356 e. The van der Waals surface area contributed by atoms with Gasteiger partial charge in [-0.25, -0.2) is 14.6 Å². The lowest BCUT2D eigenvalue weighted by Gasteiger charge is -2.15. The van der Waals surface area contributed by atoms with Gasteiger partial charge in [0.15, 0.2) is 11.5 Å². The van der Waals surface area contributed by atoms with Crippen molar-refractivity contribution in [2.24, 2.45) is 0 Å². The molecule has 0 spiro atoms. The number of nitrogens with two attached hydrogens (primary N) is 1. The predicted octanol–water partition coefficient (Wildman–Crippen LogP) is 2.67. The molecule has 6 heteroatoms. The molecule has 0 saturated carbocycles. The molecule has 0 radical (unpaired) electrons. The molecule has 3 rings (SSSR count). The van der Waals surface area contributed by atoms with Crippen molar-refractivity contribution in [2.45, 2.75) is 33.6 Å². The van der Waals surface area contributed by atoms with Gasteiger partial charge in [-0.3, -0.25) is 4.79 Å². The average molecular weight is 337 g/mol. The van der Waals surface area contributed by atoms with Gasteiger partial charge in [-0.2, -0.15) is 0 Å². The fourth-order valence-electron chi connectivity index (χ4n) is 2.99. The monoisotopic (exact) mass is 337 g/mol. The number of hydrogen-bond acceptors (Lipinski definition) is 4. The van der Waals surface area contributed by atoms with Crippen LogP contribution in [-0.4, -0.2) is 27.1 Å². The Morgan fingerprint density at radius 3 is 2.56 bits per heavy atom. The third-order valence-electron chi connectivity index (χ3n) is 4.58. The highest BCUT2D eigenvalue weighted by molar-refractivity contribution is 5.86. The summed E-state index contributed by atoms with van der Waals surface area (Å²) in [6.45, 7) is 8.09. The molecule has 0 aliphatic heterocycles. The zero-order chi connectivity index (χ0) is 18.1. The first kappa shape index (κ1) is 17.0. The molecule has 3 aromatic rings. The molecule has 0 fully saturated rings. The third-order valence-corrected chi connectivity index (χ3v) is 4.58. The van der Waals surface area contributed by atoms with Crippen molar-refractivity contribution in [3.8, 4) is 11.4 Å². The van der Waals surface area contributed by atoms with E-state index < -0.39 is 0 Å². The smallest absolute Gasteiger partial charge is 0.216 e. The van der Waals surface area contributed by atoms with E-state index in [1.165, 1.54) is 6.92 Å². The van der Waals surface area contributed by atoms with Crippen molar-refractivity contribution in [3.05, 3.63) is 47.3 Å². The molecule has 3 N–H and O–H groups in total. The zero-order valence-electron chi connectivity index (χ0n) is 15.0. The van der Waals surface area contributed by atoms with Gasteiger partial charge in [0.25, 0.3) is 0 Å². The Morgan fingerprint density at radius 2 is 1.92 bits per heavy atom. The second kappa shape index (κ2) is 6.55. The first-order chi connectivity index (χ1) is 11.9. The molecule has 2 aromatic heterocycles. The minimum atomic E-state index is -0.0512. The number of carbonyl (C=O) groups excluding carboxylic acids is 1. The summed E-state index contributed by atoms with van der Waals surface area (Å²) in [7, 11) is 0. The van der Waals surface area contributed by atoms with E-state index in [-0.39, 0.29) is 11.8 Å². The number of nitrogens with zero attached hydrogens (tertiary/aromatic N) is 3. The van der Waals surface area contributed by atoms with Crippen molar-refractivity contribution >= 4 is 16.9 Å². The summed E-state index contributed by atoms with van der Waals surface area (Å²) in [6.07, 6.45) is 0. The Balaban J connectivity index is 2.21. The fourth-order valence-corrected chi connectivity index (χ4v) is 2.99. The molecule has 0 saturated heterocycles. The van der Waals surface area contributed by atoms with Gasteiger partial charge in [0.2, 0.25) is 5.91 Å². The topological polar surface area (TPSA) is 85.8 Å². The molecule has 0 bridgehead atoms. The number of fused-ring (bicyclic) bond motifs is 1. The number of nitrogens with one attached hydrogen (secondary N) is 1. The molecule has 0 aliphatic rings. The molecular formula is C19H23N5O. The number of hydrogen-bond donors (Lipinski definition) is 2. The molecule has 2 heterocycles. The number of carbonyl (C=O) groups is 1.